The maximum absolute atomic E-state index is 14.8. The molecule has 2 aromatic carbocycles. The fraction of sp³-hybridized carbons (Fsp3) is 0.333. The number of imide groups is 1. The Morgan fingerprint density at radius 3 is 2.17 bits per heavy atom. The molecule has 2 amide bonds. The van der Waals surface area contributed by atoms with Gasteiger partial charge in [-0.3, -0.25) is 14.9 Å². The minimum atomic E-state index is -1.08. The van der Waals surface area contributed by atoms with Gasteiger partial charge in [-0.2, -0.15) is 0 Å². The average Bonchev–Trinajstić information content (AvgIpc) is 2.72. The van der Waals surface area contributed by atoms with Crippen LogP contribution >= 0.6 is 11.6 Å². The summed E-state index contributed by atoms with van der Waals surface area (Å²) in [5.41, 5.74) is 1.04. The summed E-state index contributed by atoms with van der Waals surface area (Å²) >= 11 is 5.61. The zero-order valence-electron chi connectivity index (χ0n) is 15.9. The van der Waals surface area contributed by atoms with Gasteiger partial charge >= 0.3 is 0 Å². The Bertz CT molecular complexity index is 1010. The van der Waals surface area contributed by atoms with E-state index in [0.29, 0.717) is 43.9 Å². The number of piperazine rings is 1. The SMILES string of the molecule is O=C1CCC(c2ccc(N3CCN(c4ccc(Cl)c(F)c4F)CC3)c(F)c2)C(=O)N1. The van der Waals surface area contributed by atoms with E-state index in [1.54, 1.807) is 17.0 Å². The van der Waals surface area contributed by atoms with Crippen molar-refractivity contribution in [1.82, 2.24) is 5.32 Å². The Hall–Kier alpha value is -2.74. The number of hydrogen-bond acceptors (Lipinski definition) is 4. The summed E-state index contributed by atoms with van der Waals surface area (Å²) in [5.74, 6) is -3.81. The largest absolute Gasteiger partial charge is 0.366 e. The predicted octanol–water partition coefficient (Wildman–Crippen LogP) is 3.60. The number of hydrogen-bond donors (Lipinski definition) is 1. The summed E-state index contributed by atoms with van der Waals surface area (Å²) in [6.45, 7) is 1.59. The number of anilines is 2. The molecule has 0 spiro atoms. The van der Waals surface area contributed by atoms with Crippen LogP contribution in [0.1, 0.15) is 24.3 Å². The van der Waals surface area contributed by atoms with Gasteiger partial charge in [0.15, 0.2) is 11.6 Å². The van der Waals surface area contributed by atoms with Crippen LogP contribution in [-0.4, -0.2) is 38.0 Å². The number of halogens is 4. The Balaban J connectivity index is 1.46. The second kappa shape index (κ2) is 8.18. The maximum atomic E-state index is 14.8. The van der Waals surface area contributed by atoms with Gasteiger partial charge in [-0.05, 0) is 36.2 Å². The van der Waals surface area contributed by atoms with Crippen molar-refractivity contribution in [1.29, 1.82) is 0 Å². The highest BCUT2D eigenvalue weighted by Crippen LogP contribution is 2.31. The quantitative estimate of drug-likeness (QED) is 0.589. The van der Waals surface area contributed by atoms with E-state index in [9.17, 15) is 22.8 Å². The number of benzene rings is 2. The van der Waals surface area contributed by atoms with Crippen molar-refractivity contribution in [3.05, 3.63) is 58.4 Å². The lowest BCUT2D eigenvalue weighted by molar-refractivity contribution is -0.134. The highest BCUT2D eigenvalue weighted by atomic mass is 35.5. The van der Waals surface area contributed by atoms with Crippen LogP contribution in [0.3, 0.4) is 0 Å². The van der Waals surface area contributed by atoms with Crippen molar-refractivity contribution in [2.45, 2.75) is 18.8 Å². The molecule has 5 nitrogen and oxygen atoms in total. The first-order valence-corrected chi connectivity index (χ1v) is 9.99. The first kappa shape index (κ1) is 20.5. The molecule has 2 saturated heterocycles. The highest BCUT2D eigenvalue weighted by molar-refractivity contribution is 6.30. The van der Waals surface area contributed by atoms with E-state index < -0.39 is 29.3 Å². The minimum absolute atomic E-state index is 0.130. The molecule has 2 aromatic rings. The Kier molecular flexibility index (Phi) is 5.60. The van der Waals surface area contributed by atoms with E-state index in [1.807, 2.05) is 4.90 Å². The molecule has 0 aliphatic carbocycles. The summed E-state index contributed by atoms with van der Waals surface area (Å²) in [6, 6.07) is 7.39. The molecule has 158 valence electrons. The summed E-state index contributed by atoms with van der Waals surface area (Å²) < 4.78 is 42.7. The van der Waals surface area contributed by atoms with Crippen molar-refractivity contribution in [3.8, 4) is 0 Å². The third-order valence-corrected chi connectivity index (χ3v) is 5.88. The number of nitrogens with zero attached hydrogens (tertiary/aromatic N) is 2. The lowest BCUT2D eigenvalue weighted by atomic mass is 9.90. The lowest BCUT2D eigenvalue weighted by Gasteiger charge is -2.37. The van der Waals surface area contributed by atoms with Crippen LogP contribution in [0.2, 0.25) is 5.02 Å². The number of amides is 2. The zero-order valence-corrected chi connectivity index (χ0v) is 16.7. The Morgan fingerprint density at radius 1 is 0.900 bits per heavy atom. The van der Waals surface area contributed by atoms with Crippen molar-refractivity contribution < 1.29 is 22.8 Å². The highest BCUT2D eigenvalue weighted by Gasteiger charge is 2.29. The van der Waals surface area contributed by atoms with Gasteiger partial charge in [0, 0.05) is 32.6 Å². The number of piperidine rings is 1. The average molecular weight is 438 g/mol. The second-order valence-electron chi connectivity index (χ2n) is 7.38. The van der Waals surface area contributed by atoms with E-state index in [2.05, 4.69) is 5.32 Å². The Morgan fingerprint density at radius 2 is 1.53 bits per heavy atom. The van der Waals surface area contributed by atoms with Gasteiger partial charge in [0.2, 0.25) is 11.8 Å². The van der Waals surface area contributed by atoms with Gasteiger partial charge in [-0.15, -0.1) is 0 Å². The van der Waals surface area contributed by atoms with Crippen molar-refractivity contribution in [2.24, 2.45) is 0 Å². The summed E-state index contributed by atoms with van der Waals surface area (Å²) in [7, 11) is 0. The maximum Gasteiger partial charge on any atom is 0.234 e. The molecule has 2 heterocycles. The molecule has 4 rings (SSSR count). The molecule has 2 fully saturated rings. The fourth-order valence-corrected chi connectivity index (χ4v) is 4.10. The molecule has 1 unspecified atom stereocenters. The molecule has 0 radical (unpaired) electrons. The van der Waals surface area contributed by atoms with Crippen LogP contribution in [0.5, 0.6) is 0 Å². The number of carbonyl (C=O) groups excluding carboxylic acids is 2. The van der Waals surface area contributed by atoms with Crippen LogP contribution in [0.4, 0.5) is 24.5 Å². The number of nitrogens with one attached hydrogen (secondary N) is 1. The van der Waals surface area contributed by atoms with E-state index in [1.165, 1.54) is 18.2 Å². The van der Waals surface area contributed by atoms with Gasteiger partial charge < -0.3 is 9.80 Å². The number of rotatable bonds is 3. The number of carbonyl (C=O) groups is 2. The van der Waals surface area contributed by atoms with Crippen molar-refractivity contribution in [2.75, 3.05) is 36.0 Å². The fourth-order valence-electron chi connectivity index (χ4n) is 3.96. The van der Waals surface area contributed by atoms with Gasteiger partial charge in [-0.25, -0.2) is 13.2 Å². The standard InChI is InChI=1S/C21H19ClF3N3O2/c22-14-3-5-17(20(25)19(14)24)28-9-7-27(8-10-28)16-4-1-12(11-15(16)23)13-2-6-18(29)26-21(13)30/h1,3-5,11,13H,2,6-10H2,(H,26,29,30). The molecule has 2 aliphatic rings. The molecular formula is C21H19ClF3N3O2. The van der Waals surface area contributed by atoms with Crippen LogP contribution in [0, 0.1) is 17.5 Å². The molecule has 1 N–H and O–H groups in total. The van der Waals surface area contributed by atoms with Gasteiger partial charge in [0.1, 0.15) is 5.82 Å². The minimum Gasteiger partial charge on any atom is -0.366 e. The van der Waals surface area contributed by atoms with Gasteiger partial charge in [0.05, 0.1) is 22.3 Å². The molecule has 2 aliphatic heterocycles. The van der Waals surface area contributed by atoms with E-state index in [0.717, 1.165) is 0 Å². The molecule has 0 bridgehead atoms. The normalized spacial score (nSPS) is 19.8. The molecule has 0 aromatic heterocycles. The Labute approximate surface area is 176 Å². The van der Waals surface area contributed by atoms with Crippen molar-refractivity contribution >= 4 is 34.8 Å². The molecule has 9 heteroatoms. The predicted molar refractivity (Wildman–Crippen MR) is 107 cm³/mol. The summed E-state index contributed by atoms with van der Waals surface area (Å²) in [5, 5.41) is 2.01. The van der Waals surface area contributed by atoms with Crippen LogP contribution < -0.4 is 15.1 Å². The summed E-state index contributed by atoms with van der Waals surface area (Å²) in [6.07, 6.45) is 0.578. The van der Waals surface area contributed by atoms with Gasteiger partial charge in [-0.1, -0.05) is 17.7 Å². The first-order chi connectivity index (χ1) is 14.3. The second-order valence-corrected chi connectivity index (χ2v) is 7.79. The molecule has 0 saturated carbocycles. The zero-order chi connectivity index (χ0) is 21.4. The van der Waals surface area contributed by atoms with Crippen LogP contribution in [0.25, 0.3) is 0 Å². The van der Waals surface area contributed by atoms with E-state index in [-0.39, 0.29) is 23.0 Å². The molecule has 1 atom stereocenters. The topological polar surface area (TPSA) is 52.7 Å². The van der Waals surface area contributed by atoms with Crippen LogP contribution in [0.15, 0.2) is 30.3 Å². The first-order valence-electron chi connectivity index (χ1n) is 9.61. The van der Waals surface area contributed by atoms with Crippen molar-refractivity contribution in [3.63, 3.8) is 0 Å². The van der Waals surface area contributed by atoms with E-state index >= 15 is 0 Å². The third-order valence-electron chi connectivity index (χ3n) is 5.59. The van der Waals surface area contributed by atoms with Crippen LogP contribution in [-0.2, 0) is 9.59 Å². The van der Waals surface area contributed by atoms with Gasteiger partial charge in [0.25, 0.3) is 0 Å². The van der Waals surface area contributed by atoms with E-state index in [4.69, 9.17) is 11.6 Å². The summed E-state index contributed by atoms with van der Waals surface area (Å²) in [4.78, 5) is 26.8. The lowest BCUT2D eigenvalue weighted by Crippen LogP contribution is -2.47. The third kappa shape index (κ3) is 3.84. The molecule has 30 heavy (non-hydrogen) atoms. The monoisotopic (exact) mass is 437 g/mol. The molecular weight excluding hydrogens is 419 g/mol. The smallest absolute Gasteiger partial charge is 0.234 e.